The fraction of sp³-hybridized carbons (Fsp3) is 0.346. The third-order valence-corrected chi connectivity index (χ3v) is 5.83. The molecule has 5 heteroatoms. The van der Waals surface area contributed by atoms with E-state index in [1.165, 1.54) is 0 Å². The minimum atomic E-state index is -1.05. The molecule has 1 aliphatic heterocycles. The molecule has 31 heavy (non-hydrogen) atoms. The first-order chi connectivity index (χ1) is 14.6. The van der Waals surface area contributed by atoms with Crippen LogP contribution in [0.2, 0.25) is 0 Å². The average Bonchev–Trinajstić information content (AvgIpc) is 2.72. The number of nitrogens with zero attached hydrogens (tertiary/aromatic N) is 1. The molecule has 0 radical (unpaired) electrons. The number of carbonyl (C=O) groups is 2. The fourth-order valence-corrected chi connectivity index (χ4v) is 4.29. The molecule has 1 aliphatic rings. The van der Waals surface area contributed by atoms with Crippen LogP contribution in [0.1, 0.15) is 51.7 Å². The van der Waals surface area contributed by atoms with E-state index < -0.39 is 17.1 Å². The van der Waals surface area contributed by atoms with Crippen LogP contribution < -0.4 is 4.74 Å². The van der Waals surface area contributed by atoms with E-state index in [1.807, 2.05) is 55.5 Å². The Bertz CT molecular complexity index is 1150. The second kappa shape index (κ2) is 7.57. The summed E-state index contributed by atoms with van der Waals surface area (Å²) in [7, 11) is 0. The van der Waals surface area contributed by atoms with Gasteiger partial charge in [0, 0.05) is 11.5 Å². The lowest BCUT2D eigenvalue weighted by Crippen LogP contribution is -2.58. The molecule has 1 aromatic heterocycles. The first-order valence-electron chi connectivity index (χ1n) is 10.6. The van der Waals surface area contributed by atoms with E-state index >= 15 is 0 Å². The summed E-state index contributed by atoms with van der Waals surface area (Å²) >= 11 is 0. The number of pyridine rings is 1. The number of Topliss-reactive ketones (excluding diaryl/α,β-unsaturated/α-hetero) is 2. The molecule has 5 nitrogen and oxygen atoms in total. The highest BCUT2D eigenvalue weighted by atomic mass is 16.5. The van der Waals surface area contributed by atoms with Crippen molar-refractivity contribution in [1.29, 1.82) is 0 Å². The smallest absolute Gasteiger partial charge is 0.219 e. The van der Waals surface area contributed by atoms with Crippen LogP contribution in [0.15, 0.2) is 54.6 Å². The Morgan fingerprint density at radius 1 is 0.935 bits per heavy atom. The number of carbonyl (C=O) groups excluding carboxylic acids is 2. The number of rotatable bonds is 4. The first-order valence-corrected chi connectivity index (χ1v) is 10.6. The van der Waals surface area contributed by atoms with Crippen molar-refractivity contribution in [3.05, 3.63) is 65.7 Å². The van der Waals surface area contributed by atoms with Gasteiger partial charge in [0.25, 0.3) is 0 Å². The summed E-state index contributed by atoms with van der Waals surface area (Å²) in [5, 5.41) is 1.03. The number of ether oxygens (including phenoxy) is 2. The molecule has 1 fully saturated rings. The van der Waals surface area contributed by atoms with Gasteiger partial charge in [-0.25, -0.2) is 4.98 Å². The Balaban J connectivity index is 1.75. The van der Waals surface area contributed by atoms with Crippen LogP contribution in [0.25, 0.3) is 10.9 Å². The van der Waals surface area contributed by atoms with Crippen molar-refractivity contribution in [1.82, 2.24) is 4.98 Å². The van der Waals surface area contributed by atoms with Crippen LogP contribution in [0, 0.1) is 0 Å². The fourth-order valence-electron chi connectivity index (χ4n) is 4.29. The summed E-state index contributed by atoms with van der Waals surface area (Å²) < 4.78 is 11.9. The lowest BCUT2D eigenvalue weighted by molar-refractivity contribution is -0.184. The van der Waals surface area contributed by atoms with E-state index in [0.717, 1.165) is 16.5 Å². The number of hydrogen-bond donors (Lipinski definition) is 0. The van der Waals surface area contributed by atoms with Crippen molar-refractivity contribution < 1.29 is 19.1 Å². The van der Waals surface area contributed by atoms with Crippen molar-refractivity contribution in [3.8, 4) is 11.6 Å². The minimum absolute atomic E-state index is 0.229. The second-order valence-corrected chi connectivity index (χ2v) is 8.94. The van der Waals surface area contributed by atoms with Gasteiger partial charge in [-0.1, -0.05) is 31.2 Å². The molecule has 0 bridgehead atoms. The SMILES string of the molecule is CCc1ccc(Oc2ccc3ccccc3n2)cc1C1C(=O)C(C)(C)OC(C)(C)C1=O. The van der Waals surface area contributed by atoms with Crippen LogP contribution in [0.4, 0.5) is 0 Å². The van der Waals surface area contributed by atoms with E-state index in [2.05, 4.69) is 4.98 Å². The molecule has 160 valence electrons. The minimum Gasteiger partial charge on any atom is -0.439 e. The molecular weight excluding hydrogens is 390 g/mol. The van der Waals surface area contributed by atoms with Crippen molar-refractivity contribution in [2.75, 3.05) is 0 Å². The van der Waals surface area contributed by atoms with Crippen molar-refractivity contribution in [2.24, 2.45) is 0 Å². The number of aryl methyl sites for hydroxylation is 1. The summed E-state index contributed by atoms with van der Waals surface area (Å²) in [5.74, 6) is -0.348. The van der Waals surface area contributed by atoms with Gasteiger partial charge in [0.2, 0.25) is 5.88 Å². The van der Waals surface area contributed by atoms with Gasteiger partial charge < -0.3 is 9.47 Å². The van der Waals surface area contributed by atoms with Gasteiger partial charge in [0.15, 0.2) is 11.6 Å². The maximum absolute atomic E-state index is 13.2. The van der Waals surface area contributed by atoms with Crippen LogP contribution in [-0.4, -0.2) is 27.8 Å². The Morgan fingerprint density at radius 3 is 2.29 bits per heavy atom. The zero-order valence-electron chi connectivity index (χ0n) is 18.6. The number of para-hydroxylation sites is 1. The molecule has 0 amide bonds. The molecule has 0 atom stereocenters. The van der Waals surface area contributed by atoms with Crippen LogP contribution >= 0.6 is 0 Å². The van der Waals surface area contributed by atoms with Gasteiger partial charge in [-0.2, -0.15) is 0 Å². The largest absolute Gasteiger partial charge is 0.439 e. The van der Waals surface area contributed by atoms with Gasteiger partial charge >= 0.3 is 0 Å². The van der Waals surface area contributed by atoms with Crippen molar-refractivity contribution in [3.63, 3.8) is 0 Å². The molecule has 2 aromatic carbocycles. The van der Waals surface area contributed by atoms with Gasteiger partial charge in [0.05, 0.1) is 5.52 Å². The van der Waals surface area contributed by atoms with Gasteiger partial charge in [-0.15, -0.1) is 0 Å². The van der Waals surface area contributed by atoms with Crippen LogP contribution in [0.5, 0.6) is 11.6 Å². The summed E-state index contributed by atoms with van der Waals surface area (Å²) in [4.78, 5) is 31.0. The number of hydrogen-bond acceptors (Lipinski definition) is 5. The Labute approximate surface area is 182 Å². The van der Waals surface area contributed by atoms with Crippen molar-refractivity contribution in [2.45, 2.75) is 58.2 Å². The molecule has 3 aromatic rings. The van der Waals surface area contributed by atoms with Gasteiger partial charge in [-0.05, 0) is 69.5 Å². The molecule has 2 heterocycles. The maximum atomic E-state index is 13.2. The highest BCUT2D eigenvalue weighted by Crippen LogP contribution is 2.40. The standard InChI is InChI=1S/C26H27NO4/c1-6-16-11-13-18(30-21-14-12-17-9-7-8-10-20(17)27-21)15-19(16)22-23(28)25(2,3)31-26(4,5)24(22)29/h7-15,22H,6H2,1-5H3. The number of aromatic nitrogens is 1. The predicted molar refractivity (Wildman–Crippen MR) is 120 cm³/mol. The van der Waals surface area contributed by atoms with E-state index in [9.17, 15) is 9.59 Å². The molecule has 0 aliphatic carbocycles. The maximum Gasteiger partial charge on any atom is 0.219 e. The molecule has 4 rings (SSSR count). The van der Waals surface area contributed by atoms with Gasteiger partial charge in [0.1, 0.15) is 22.9 Å². The first kappa shape index (κ1) is 21.2. The molecule has 1 saturated heterocycles. The Hall–Kier alpha value is -3.05. The van der Waals surface area contributed by atoms with Gasteiger partial charge in [-0.3, -0.25) is 9.59 Å². The molecule has 0 spiro atoms. The normalized spacial score (nSPS) is 18.4. The highest BCUT2D eigenvalue weighted by Gasteiger charge is 2.53. The van der Waals surface area contributed by atoms with E-state index in [0.29, 0.717) is 23.6 Å². The lowest BCUT2D eigenvalue weighted by atomic mass is 9.73. The second-order valence-electron chi connectivity index (χ2n) is 8.94. The Kier molecular flexibility index (Phi) is 5.18. The molecule has 0 N–H and O–H groups in total. The summed E-state index contributed by atoms with van der Waals surface area (Å²) in [6.07, 6.45) is 0.697. The third-order valence-electron chi connectivity index (χ3n) is 5.83. The number of fused-ring (bicyclic) bond motifs is 1. The summed E-state index contributed by atoms with van der Waals surface area (Å²) in [5.41, 5.74) is 0.358. The van der Waals surface area contributed by atoms with E-state index in [-0.39, 0.29) is 11.6 Å². The summed E-state index contributed by atoms with van der Waals surface area (Å²) in [6.45, 7) is 8.90. The molecular formula is C26H27NO4. The predicted octanol–water partition coefficient (Wildman–Crippen LogP) is 5.40. The number of ketones is 2. The van der Waals surface area contributed by atoms with Crippen molar-refractivity contribution >= 4 is 22.5 Å². The monoisotopic (exact) mass is 417 g/mol. The summed E-state index contributed by atoms with van der Waals surface area (Å²) in [6, 6.07) is 17.1. The van der Waals surface area contributed by atoms with Crippen LogP contribution in [0.3, 0.4) is 0 Å². The zero-order chi connectivity index (χ0) is 22.4. The third kappa shape index (κ3) is 3.86. The zero-order valence-corrected chi connectivity index (χ0v) is 18.6. The molecule has 0 saturated carbocycles. The lowest BCUT2D eigenvalue weighted by Gasteiger charge is -2.43. The highest BCUT2D eigenvalue weighted by molar-refractivity contribution is 6.15. The van der Waals surface area contributed by atoms with Crippen LogP contribution in [-0.2, 0) is 20.7 Å². The Morgan fingerprint density at radius 2 is 1.61 bits per heavy atom. The molecule has 0 unspecified atom stereocenters. The quantitative estimate of drug-likeness (QED) is 0.532. The topological polar surface area (TPSA) is 65.5 Å². The number of benzene rings is 2. The van der Waals surface area contributed by atoms with E-state index in [4.69, 9.17) is 9.47 Å². The average molecular weight is 418 g/mol. The van der Waals surface area contributed by atoms with E-state index in [1.54, 1.807) is 33.8 Å².